The predicted molar refractivity (Wildman–Crippen MR) is 91.3 cm³/mol. The van der Waals surface area contributed by atoms with Crippen LogP contribution in [0.2, 0.25) is 0 Å². The molecule has 2 rings (SSSR count). The van der Waals surface area contributed by atoms with E-state index in [1.807, 2.05) is 26.0 Å². The van der Waals surface area contributed by atoms with Crippen LogP contribution in [-0.2, 0) is 14.8 Å². The van der Waals surface area contributed by atoms with Gasteiger partial charge < -0.3 is 5.32 Å². The molecule has 1 heterocycles. The molecular weight excluding hydrogens is 368 g/mol. The molecule has 1 fully saturated rings. The number of carbonyl (C=O) groups excluding carboxylic acids is 1. The first-order valence-electron chi connectivity index (χ1n) is 7.41. The quantitative estimate of drug-likeness (QED) is 0.842. The Labute approximate surface area is 140 Å². The molecule has 0 radical (unpaired) electrons. The van der Waals surface area contributed by atoms with E-state index in [0.29, 0.717) is 25.1 Å². The van der Waals surface area contributed by atoms with Crippen molar-refractivity contribution in [1.29, 1.82) is 0 Å². The molecule has 1 aliphatic rings. The van der Waals surface area contributed by atoms with E-state index in [2.05, 4.69) is 21.2 Å². The molecule has 1 N–H and O–H groups in total. The third-order valence-corrected chi connectivity index (χ3v) is 6.72. The molecule has 1 atom stereocenters. The number of hydrogen-bond donors (Lipinski definition) is 1. The van der Waals surface area contributed by atoms with E-state index >= 15 is 0 Å². The van der Waals surface area contributed by atoms with Gasteiger partial charge in [0, 0.05) is 16.7 Å². The lowest BCUT2D eigenvalue weighted by Gasteiger charge is -2.23. The Bertz CT molecular complexity index is 661. The Morgan fingerprint density at radius 2 is 2.18 bits per heavy atom. The molecule has 0 spiro atoms. The maximum Gasteiger partial charge on any atom is 0.242 e. The molecule has 1 saturated heterocycles. The summed E-state index contributed by atoms with van der Waals surface area (Å²) in [5.41, 5.74) is 1.70. The van der Waals surface area contributed by atoms with Crippen molar-refractivity contribution in [2.75, 3.05) is 17.6 Å². The fourth-order valence-corrected chi connectivity index (χ4v) is 4.65. The van der Waals surface area contributed by atoms with Crippen LogP contribution in [0.1, 0.15) is 31.7 Å². The molecule has 0 aliphatic carbocycles. The Kier molecular flexibility index (Phi) is 5.63. The number of nitrogens with one attached hydrogen (secondary N) is 1. The minimum Gasteiger partial charge on any atom is -0.325 e. The van der Waals surface area contributed by atoms with Crippen LogP contribution < -0.4 is 5.32 Å². The molecule has 1 aliphatic heterocycles. The van der Waals surface area contributed by atoms with Gasteiger partial charge in [-0.1, -0.05) is 22.9 Å². The van der Waals surface area contributed by atoms with Crippen LogP contribution in [-0.4, -0.2) is 37.0 Å². The summed E-state index contributed by atoms with van der Waals surface area (Å²) in [5.74, 6) is -0.160. The van der Waals surface area contributed by atoms with Gasteiger partial charge >= 0.3 is 0 Å². The molecule has 0 aromatic heterocycles. The summed E-state index contributed by atoms with van der Waals surface area (Å²) >= 11 is 3.41. The van der Waals surface area contributed by atoms with Gasteiger partial charge in [-0.2, -0.15) is 4.31 Å². The van der Waals surface area contributed by atoms with Gasteiger partial charge in [0.05, 0.1) is 5.75 Å². The minimum absolute atomic E-state index is 0.0914. The minimum atomic E-state index is -3.35. The largest absolute Gasteiger partial charge is 0.325 e. The van der Waals surface area contributed by atoms with E-state index in [4.69, 9.17) is 0 Å². The third-order valence-electron chi connectivity index (χ3n) is 3.75. The van der Waals surface area contributed by atoms with Gasteiger partial charge in [-0.05, 0) is 49.9 Å². The highest BCUT2D eigenvalue weighted by Gasteiger charge is 2.38. The number of benzene rings is 1. The summed E-state index contributed by atoms with van der Waals surface area (Å²) in [6.07, 6.45) is 1.85. The summed E-state index contributed by atoms with van der Waals surface area (Å²) in [6, 6.07) is 4.93. The van der Waals surface area contributed by atoms with Gasteiger partial charge in [0.2, 0.25) is 15.9 Å². The highest BCUT2D eigenvalue weighted by atomic mass is 79.9. The first-order chi connectivity index (χ1) is 10.3. The summed E-state index contributed by atoms with van der Waals surface area (Å²) in [5, 5.41) is 2.83. The summed E-state index contributed by atoms with van der Waals surface area (Å²) in [7, 11) is -3.35. The van der Waals surface area contributed by atoms with Crippen molar-refractivity contribution in [3.63, 3.8) is 0 Å². The van der Waals surface area contributed by atoms with E-state index in [0.717, 1.165) is 16.5 Å². The lowest BCUT2D eigenvalue weighted by molar-refractivity contribution is -0.119. The topological polar surface area (TPSA) is 66.5 Å². The van der Waals surface area contributed by atoms with Crippen molar-refractivity contribution in [3.8, 4) is 0 Å². The molecule has 7 heteroatoms. The Morgan fingerprint density at radius 1 is 1.45 bits per heavy atom. The molecule has 122 valence electrons. The zero-order valence-corrected chi connectivity index (χ0v) is 15.2. The number of sulfonamides is 1. The van der Waals surface area contributed by atoms with E-state index in [1.54, 1.807) is 6.07 Å². The number of rotatable bonds is 5. The highest BCUT2D eigenvalue weighted by molar-refractivity contribution is 9.10. The van der Waals surface area contributed by atoms with Crippen LogP contribution in [0, 0.1) is 6.92 Å². The molecule has 1 aromatic rings. The predicted octanol–water partition coefficient (Wildman–Crippen LogP) is 2.90. The fraction of sp³-hybridized carbons (Fsp3) is 0.533. The van der Waals surface area contributed by atoms with Gasteiger partial charge in [-0.15, -0.1) is 0 Å². The van der Waals surface area contributed by atoms with Crippen molar-refractivity contribution < 1.29 is 13.2 Å². The number of halogens is 1. The van der Waals surface area contributed by atoms with Crippen LogP contribution >= 0.6 is 15.9 Å². The number of amides is 1. The van der Waals surface area contributed by atoms with Crippen molar-refractivity contribution in [2.24, 2.45) is 0 Å². The SMILES string of the molecule is CCCS(=O)(=O)N1CCC[C@@H]1C(=O)Nc1ccc(Br)c(C)c1. The standard InChI is InChI=1S/C15H21BrN2O3S/c1-3-9-22(20,21)18-8-4-5-14(18)15(19)17-12-6-7-13(16)11(2)10-12/h6-7,10,14H,3-5,8-9H2,1-2H3,(H,17,19)/t14-/m1/s1. The molecule has 0 saturated carbocycles. The van der Waals surface area contributed by atoms with Gasteiger partial charge in [-0.25, -0.2) is 8.42 Å². The van der Waals surface area contributed by atoms with Crippen LogP contribution in [0.5, 0.6) is 0 Å². The second-order valence-electron chi connectivity index (χ2n) is 5.54. The van der Waals surface area contributed by atoms with Gasteiger partial charge in [0.1, 0.15) is 6.04 Å². The maximum absolute atomic E-state index is 12.4. The van der Waals surface area contributed by atoms with E-state index in [-0.39, 0.29) is 11.7 Å². The summed E-state index contributed by atoms with van der Waals surface area (Å²) < 4.78 is 26.8. The number of hydrogen-bond acceptors (Lipinski definition) is 3. The first kappa shape index (κ1) is 17.4. The van der Waals surface area contributed by atoms with Crippen molar-refractivity contribution in [3.05, 3.63) is 28.2 Å². The molecule has 1 amide bonds. The Balaban J connectivity index is 2.12. The smallest absolute Gasteiger partial charge is 0.242 e. The second-order valence-corrected chi connectivity index (χ2v) is 8.43. The normalized spacial score (nSPS) is 19.3. The van der Waals surface area contributed by atoms with Crippen molar-refractivity contribution >= 4 is 37.5 Å². The second kappa shape index (κ2) is 7.10. The number of carbonyl (C=O) groups is 1. The summed E-state index contributed by atoms with van der Waals surface area (Å²) in [6.45, 7) is 4.19. The lowest BCUT2D eigenvalue weighted by Crippen LogP contribution is -2.44. The average Bonchev–Trinajstić information content (AvgIpc) is 2.93. The monoisotopic (exact) mass is 388 g/mol. The van der Waals surface area contributed by atoms with Gasteiger partial charge in [-0.3, -0.25) is 4.79 Å². The van der Waals surface area contributed by atoms with Crippen molar-refractivity contribution in [2.45, 2.75) is 39.2 Å². The van der Waals surface area contributed by atoms with Crippen LogP contribution in [0.15, 0.2) is 22.7 Å². The lowest BCUT2D eigenvalue weighted by atomic mass is 10.2. The zero-order chi connectivity index (χ0) is 16.3. The Hall–Kier alpha value is -0.920. The molecular formula is C15H21BrN2O3S. The van der Waals surface area contributed by atoms with Crippen LogP contribution in [0.25, 0.3) is 0 Å². The fourth-order valence-electron chi connectivity index (χ4n) is 2.66. The summed E-state index contributed by atoms with van der Waals surface area (Å²) in [4.78, 5) is 12.4. The molecule has 0 unspecified atom stereocenters. The number of anilines is 1. The maximum atomic E-state index is 12.4. The average molecular weight is 389 g/mol. The van der Waals surface area contributed by atoms with Gasteiger partial charge in [0.15, 0.2) is 0 Å². The van der Waals surface area contributed by atoms with E-state index < -0.39 is 16.1 Å². The number of aryl methyl sites for hydroxylation is 1. The van der Waals surface area contributed by atoms with Crippen LogP contribution in [0.4, 0.5) is 5.69 Å². The highest BCUT2D eigenvalue weighted by Crippen LogP contribution is 2.24. The zero-order valence-electron chi connectivity index (χ0n) is 12.8. The molecule has 1 aromatic carbocycles. The third kappa shape index (κ3) is 3.88. The van der Waals surface area contributed by atoms with Gasteiger partial charge in [0.25, 0.3) is 0 Å². The van der Waals surface area contributed by atoms with Crippen molar-refractivity contribution in [1.82, 2.24) is 4.31 Å². The first-order valence-corrected chi connectivity index (χ1v) is 9.82. The molecule has 0 bridgehead atoms. The van der Waals surface area contributed by atoms with Crippen LogP contribution in [0.3, 0.4) is 0 Å². The van der Waals surface area contributed by atoms with E-state index in [9.17, 15) is 13.2 Å². The number of nitrogens with zero attached hydrogens (tertiary/aromatic N) is 1. The molecule has 22 heavy (non-hydrogen) atoms. The van der Waals surface area contributed by atoms with E-state index in [1.165, 1.54) is 4.31 Å². The Morgan fingerprint density at radius 3 is 2.82 bits per heavy atom. The molecule has 5 nitrogen and oxygen atoms in total.